The number of unbranched alkanes of at least 4 members (excludes halogenated alkanes) is 4. The van der Waals surface area contributed by atoms with Crippen molar-refractivity contribution < 1.29 is 0 Å². The van der Waals surface area contributed by atoms with Crippen molar-refractivity contribution in [2.45, 2.75) is 45.4 Å². The van der Waals surface area contributed by atoms with Crippen LogP contribution in [0, 0.1) is 35.5 Å². The molecule has 0 amide bonds. The average molecular weight is 312 g/mol. The molecular formula is C14H17I. The summed E-state index contributed by atoms with van der Waals surface area (Å²) in [6.45, 7) is 2.11. The third-order valence-electron chi connectivity index (χ3n) is 1.67. The highest BCUT2D eigenvalue weighted by atomic mass is 127. The lowest BCUT2D eigenvalue weighted by molar-refractivity contribution is 0.748. The Morgan fingerprint density at radius 1 is 0.800 bits per heavy atom. The second-order valence-corrected chi connectivity index (χ2v) is 4.18. The van der Waals surface area contributed by atoms with E-state index >= 15 is 0 Å². The molecule has 0 aliphatic rings. The molecule has 0 rings (SSSR count). The van der Waals surface area contributed by atoms with E-state index in [0.717, 1.165) is 19.3 Å². The minimum absolute atomic E-state index is 0.929. The first-order valence-electron chi connectivity index (χ1n) is 5.43. The van der Waals surface area contributed by atoms with E-state index < -0.39 is 0 Å². The molecule has 0 radical (unpaired) electrons. The molecule has 0 bridgehead atoms. The van der Waals surface area contributed by atoms with Gasteiger partial charge >= 0.3 is 0 Å². The van der Waals surface area contributed by atoms with Gasteiger partial charge in [-0.2, -0.15) is 0 Å². The Labute approximate surface area is 108 Å². The predicted octanol–water partition coefficient (Wildman–Crippen LogP) is 3.79. The molecule has 0 fully saturated rings. The summed E-state index contributed by atoms with van der Waals surface area (Å²) in [7, 11) is 0. The third-order valence-corrected chi connectivity index (χ3v) is 2.44. The molecule has 1 heteroatoms. The molecule has 0 nitrogen and oxygen atoms in total. The van der Waals surface area contributed by atoms with Crippen molar-refractivity contribution in [3.05, 3.63) is 0 Å². The Morgan fingerprint density at radius 3 is 2.07 bits per heavy atom. The second kappa shape index (κ2) is 13.4. The van der Waals surface area contributed by atoms with Crippen LogP contribution in [0.1, 0.15) is 45.4 Å². The maximum Gasteiger partial charge on any atom is 0.00989 e. The third kappa shape index (κ3) is 13.4. The molecule has 0 saturated carbocycles. The van der Waals surface area contributed by atoms with Crippen molar-refractivity contribution in [1.82, 2.24) is 0 Å². The van der Waals surface area contributed by atoms with Crippen molar-refractivity contribution in [3.63, 3.8) is 0 Å². The van der Waals surface area contributed by atoms with Crippen LogP contribution in [0.3, 0.4) is 0 Å². The van der Waals surface area contributed by atoms with E-state index in [1.807, 2.05) is 0 Å². The molecule has 0 atom stereocenters. The highest BCUT2D eigenvalue weighted by molar-refractivity contribution is 14.1. The largest absolute Gasteiger partial charge is 0.0891 e. The summed E-state index contributed by atoms with van der Waals surface area (Å²) in [6, 6.07) is 0. The lowest BCUT2D eigenvalue weighted by atomic mass is 10.2. The Kier molecular flexibility index (Phi) is 12.9. The van der Waals surface area contributed by atoms with Gasteiger partial charge in [0, 0.05) is 12.8 Å². The average Bonchev–Trinajstić information content (AvgIpc) is 2.26. The Balaban J connectivity index is 3.49. The van der Waals surface area contributed by atoms with Crippen LogP contribution >= 0.6 is 22.6 Å². The minimum atomic E-state index is 0.929. The maximum atomic E-state index is 3.04. The molecular weight excluding hydrogens is 295 g/mol. The lowest BCUT2D eigenvalue weighted by Crippen LogP contribution is -1.75. The first kappa shape index (κ1) is 14.4. The summed E-state index contributed by atoms with van der Waals surface area (Å²) < 4.78 is 1.25. The molecule has 0 spiro atoms. The molecule has 0 aromatic carbocycles. The number of alkyl halides is 1. The quantitative estimate of drug-likeness (QED) is 0.314. The molecule has 0 aliphatic carbocycles. The van der Waals surface area contributed by atoms with Crippen molar-refractivity contribution >= 4 is 22.6 Å². The molecule has 0 aromatic rings. The van der Waals surface area contributed by atoms with E-state index in [9.17, 15) is 0 Å². The van der Waals surface area contributed by atoms with Gasteiger partial charge in [0.2, 0.25) is 0 Å². The van der Waals surface area contributed by atoms with Gasteiger partial charge in [0.1, 0.15) is 0 Å². The molecule has 0 aliphatic heterocycles. The number of hydrogen-bond acceptors (Lipinski definition) is 0. The van der Waals surface area contributed by atoms with Crippen molar-refractivity contribution in [2.24, 2.45) is 0 Å². The molecule has 15 heavy (non-hydrogen) atoms. The van der Waals surface area contributed by atoms with E-state index in [1.165, 1.54) is 23.7 Å². The minimum Gasteiger partial charge on any atom is -0.0891 e. The zero-order valence-corrected chi connectivity index (χ0v) is 11.5. The van der Waals surface area contributed by atoms with Crippen LogP contribution < -0.4 is 0 Å². The summed E-state index contributed by atoms with van der Waals surface area (Å²) in [4.78, 5) is 0. The Bertz CT molecular complexity index is 308. The molecule has 0 saturated heterocycles. The van der Waals surface area contributed by atoms with Crippen molar-refractivity contribution in [3.8, 4) is 35.5 Å². The van der Waals surface area contributed by atoms with Crippen LogP contribution in [0.25, 0.3) is 0 Å². The van der Waals surface area contributed by atoms with Crippen LogP contribution in [0.5, 0.6) is 0 Å². The normalized spacial score (nSPS) is 7.60. The van der Waals surface area contributed by atoms with Gasteiger partial charge in [0.15, 0.2) is 0 Å². The first-order chi connectivity index (χ1) is 7.41. The first-order valence-corrected chi connectivity index (χ1v) is 6.96. The van der Waals surface area contributed by atoms with E-state index in [4.69, 9.17) is 0 Å². The zero-order valence-electron chi connectivity index (χ0n) is 9.33. The maximum absolute atomic E-state index is 3.04. The highest BCUT2D eigenvalue weighted by Gasteiger charge is 1.83. The fraction of sp³-hybridized carbons (Fsp3) is 0.571. The zero-order chi connectivity index (χ0) is 11.2. The van der Waals surface area contributed by atoms with Crippen molar-refractivity contribution in [1.29, 1.82) is 0 Å². The number of hydrogen-bond donors (Lipinski definition) is 0. The Morgan fingerprint density at radius 2 is 1.47 bits per heavy atom. The van der Waals surface area contributed by atoms with Crippen molar-refractivity contribution in [2.75, 3.05) is 4.43 Å². The van der Waals surface area contributed by atoms with E-state index in [0.29, 0.717) is 0 Å². The topological polar surface area (TPSA) is 0 Å². The second-order valence-electron chi connectivity index (χ2n) is 3.10. The van der Waals surface area contributed by atoms with E-state index in [2.05, 4.69) is 65.0 Å². The predicted molar refractivity (Wildman–Crippen MR) is 75.6 cm³/mol. The summed E-state index contributed by atoms with van der Waals surface area (Å²) >= 11 is 2.40. The van der Waals surface area contributed by atoms with Crippen LogP contribution in [-0.4, -0.2) is 4.43 Å². The standard InChI is InChI=1S/C14H17I/c1-2-3-4-5-6-7-8-9-10-11-12-13-14-15/h2-3,10-14H2,1H3. The fourth-order valence-electron chi connectivity index (χ4n) is 0.886. The molecule has 0 N–H and O–H groups in total. The summed E-state index contributed by atoms with van der Waals surface area (Å²) in [5.41, 5.74) is 0. The summed E-state index contributed by atoms with van der Waals surface area (Å²) in [5.74, 6) is 17.1. The monoisotopic (exact) mass is 312 g/mol. The molecule has 0 aromatic heterocycles. The van der Waals surface area contributed by atoms with Crippen LogP contribution in [-0.2, 0) is 0 Å². The van der Waals surface area contributed by atoms with Gasteiger partial charge in [0.25, 0.3) is 0 Å². The van der Waals surface area contributed by atoms with Crippen LogP contribution in [0.15, 0.2) is 0 Å². The fourth-order valence-corrected chi connectivity index (χ4v) is 1.42. The number of rotatable bonds is 5. The van der Waals surface area contributed by atoms with Crippen LogP contribution in [0.2, 0.25) is 0 Å². The molecule has 80 valence electrons. The van der Waals surface area contributed by atoms with Gasteiger partial charge in [-0.1, -0.05) is 47.8 Å². The highest BCUT2D eigenvalue weighted by Crippen LogP contribution is 2.00. The van der Waals surface area contributed by atoms with E-state index in [-0.39, 0.29) is 0 Å². The SMILES string of the molecule is CCCC#CC#CC#CCCCCCI. The van der Waals surface area contributed by atoms with Gasteiger partial charge in [0.05, 0.1) is 0 Å². The summed E-state index contributed by atoms with van der Waals surface area (Å²) in [5, 5.41) is 0. The smallest absolute Gasteiger partial charge is 0.00989 e. The van der Waals surface area contributed by atoms with Gasteiger partial charge in [-0.15, -0.1) is 0 Å². The van der Waals surface area contributed by atoms with Crippen LogP contribution in [0.4, 0.5) is 0 Å². The van der Waals surface area contributed by atoms with Gasteiger partial charge in [-0.25, -0.2) is 0 Å². The number of halogens is 1. The summed E-state index contributed by atoms with van der Waals surface area (Å²) in [6.07, 6.45) is 6.76. The molecule has 0 heterocycles. The van der Waals surface area contributed by atoms with Gasteiger partial charge < -0.3 is 0 Å². The van der Waals surface area contributed by atoms with Gasteiger partial charge in [-0.3, -0.25) is 0 Å². The van der Waals surface area contributed by atoms with Gasteiger partial charge in [-0.05, 0) is 47.4 Å². The lowest BCUT2D eigenvalue weighted by Gasteiger charge is -1.90. The molecule has 0 unspecified atom stereocenters. The van der Waals surface area contributed by atoms with E-state index in [1.54, 1.807) is 0 Å². The Hall–Kier alpha value is -0.590.